The van der Waals surface area contributed by atoms with Crippen molar-refractivity contribution in [2.24, 2.45) is 0 Å². The zero-order valence-corrected chi connectivity index (χ0v) is 20.6. The lowest BCUT2D eigenvalue weighted by atomic mass is 9.98. The number of hydrogen-bond donors (Lipinski definition) is 0. The van der Waals surface area contributed by atoms with E-state index in [9.17, 15) is 9.59 Å². The molecular weight excluding hydrogens is 520 g/mol. The number of aromatic nitrogens is 1. The first-order valence-electron chi connectivity index (χ1n) is 10.9. The van der Waals surface area contributed by atoms with Gasteiger partial charge in [0.25, 0.3) is 5.91 Å². The minimum absolute atomic E-state index is 0.0184. The third-order valence-electron chi connectivity index (χ3n) is 5.75. The molecule has 1 atom stereocenters. The van der Waals surface area contributed by atoms with Gasteiger partial charge < -0.3 is 9.15 Å². The number of halogens is 2. The molecule has 0 N–H and O–H groups in total. The average molecular weight is 540 g/mol. The number of fused-ring (bicyclic) bond motifs is 2. The van der Waals surface area contributed by atoms with Gasteiger partial charge in [0.05, 0.1) is 28.6 Å². The molecule has 0 radical (unpaired) electrons. The van der Waals surface area contributed by atoms with Crippen LogP contribution in [0.25, 0.3) is 11.0 Å². The van der Waals surface area contributed by atoms with Crippen molar-refractivity contribution >= 4 is 50.2 Å². The monoisotopic (exact) mass is 538 g/mol. The zero-order valence-electron chi connectivity index (χ0n) is 18.3. The van der Waals surface area contributed by atoms with Gasteiger partial charge in [-0.1, -0.05) is 53.0 Å². The molecule has 0 saturated carbocycles. The third kappa shape index (κ3) is 3.99. The summed E-state index contributed by atoms with van der Waals surface area (Å²) >= 11 is 9.44. The van der Waals surface area contributed by atoms with Crippen LogP contribution in [0, 0.1) is 0 Å². The molecule has 6 nitrogen and oxygen atoms in total. The number of rotatable bonds is 6. The lowest BCUT2D eigenvalue weighted by Gasteiger charge is -2.24. The van der Waals surface area contributed by atoms with E-state index >= 15 is 0 Å². The van der Waals surface area contributed by atoms with Gasteiger partial charge in [-0.2, -0.15) is 0 Å². The lowest BCUT2D eigenvalue weighted by Crippen LogP contribution is -2.30. The quantitative estimate of drug-likeness (QED) is 0.260. The van der Waals surface area contributed by atoms with E-state index in [1.807, 2.05) is 24.3 Å². The molecule has 4 aromatic rings. The van der Waals surface area contributed by atoms with E-state index in [1.54, 1.807) is 30.3 Å². The fourth-order valence-electron chi connectivity index (χ4n) is 4.09. The number of hydrogen-bond acceptors (Lipinski definition) is 5. The average Bonchev–Trinajstić information content (AvgIpc) is 3.13. The van der Waals surface area contributed by atoms with Crippen LogP contribution in [0.2, 0.25) is 5.02 Å². The molecule has 1 amide bonds. The molecule has 2 aromatic heterocycles. The molecule has 5 rings (SSSR count). The summed E-state index contributed by atoms with van der Waals surface area (Å²) < 4.78 is 12.5. The number of amides is 1. The highest BCUT2D eigenvalue weighted by atomic mass is 79.9. The van der Waals surface area contributed by atoms with Gasteiger partial charge in [-0.15, -0.1) is 0 Å². The molecule has 0 saturated heterocycles. The summed E-state index contributed by atoms with van der Waals surface area (Å²) in [6.07, 6.45) is 3.48. The van der Waals surface area contributed by atoms with E-state index in [0.29, 0.717) is 28.4 Å². The van der Waals surface area contributed by atoms with Crippen LogP contribution in [0.15, 0.2) is 74.5 Å². The van der Waals surface area contributed by atoms with Crippen LogP contribution in [-0.2, 0) is 0 Å². The Hall–Kier alpha value is -3.16. The fraction of sp³-hybridized carbons (Fsp3) is 0.192. The molecule has 0 fully saturated rings. The van der Waals surface area contributed by atoms with Crippen molar-refractivity contribution in [3.8, 4) is 5.75 Å². The molecule has 34 heavy (non-hydrogen) atoms. The predicted octanol–water partition coefficient (Wildman–Crippen LogP) is 6.53. The molecule has 8 heteroatoms. The highest BCUT2D eigenvalue weighted by Crippen LogP contribution is 2.41. The number of benzene rings is 2. The summed E-state index contributed by atoms with van der Waals surface area (Å²) in [7, 11) is 0. The summed E-state index contributed by atoms with van der Waals surface area (Å²) in [5.41, 5.74) is 1.13. The highest BCUT2D eigenvalue weighted by molar-refractivity contribution is 9.10. The Morgan fingerprint density at radius 3 is 2.62 bits per heavy atom. The Morgan fingerprint density at radius 1 is 1.12 bits per heavy atom. The highest BCUT2D eigenvalue weighted by Gasteiger charge is 2.44. The molecule has 3 heterocycles. The Labute approximate surface area is 209 Å². The SMILES string of the molecule is CCCCOc1ccc(C2c3c(oc4ccc(Br)cc4c3=O)C(=O)N2c2ccc(Cl)cn2)cc1. The van der Waals surface area contributed by atoms with Crippen LogP contribution in [0.1, 0.15) is 47.5 Å². The molecule has 0 aliphatic carbocycles. The van der Waals surface area contributed by atoms with Crippen LogP contribution >= 0.6 is 27.5 Å². The minimum Gasteiger partial charge on any atom is -0.494 e. The molecule has 1 aliphatic rings. The van der Waals surface area contributed by atoms with Crippen molar-refractivity contribution < 1.29 is 13.9 Å². The van der Waals surface area contributed by atoms with Gasteiger partial charge in [0.15, 0.2) is 5.43 Å². The van der Waals surface area contributed by atoms with Crippen molar-refractivity contribution in [1.29, 1.82) is 0 Å². The number of carbonyl (C=O) groups excluding carboxylic acids is 1. The normalized spacial score (nSPS) is 15.1. The maximum atomic E-state index is 13.6. The standard InChI is InChI=1S/C26H20BrClN2O4/c1-2-3-12-33-18-8-4-15(5-9-18)23-22-24(31)19-13-16(27)6-10-20(19)34-25(22)26(32)30(23)21-11-7-17(28)14-29-21/h4-11,13-14,23H,2-3,12H2,1H3. The molecule has 0 bridgehead atoms. The first kappa shape index (κ1) is 22.6. The zero-order chi connectivity index (χ0) is 23.8. The van der Waals surface area contributed by atoms with E-state index in [4.69, 9.17) is 20.8 Å². The fourth-order valence-corrected chi connectivity index (χ4v) is 4.56. The maximum Gasteiger partial charge on any atom is 0.296 e. The topological polar surface area (TPSA) is 72.6 Å². The second kappa shape index (κ2) is 9.24. The molecule has 2 aromatic carbocycles. The predicted molar refractivity (Wildman–Crippen MR) is 135 cm³/mol. The van der Waals surface area contributed by atoms with E-state index in [0.717, 1.165) is 28.6 Å². The maximum absolute atomic E-state index is 13.6. The number of pyridine rings is 1. The van der Waals surface area contributed by atoms with Gasteiger partial charge in [0.1, 0.15) is 17.2 Å². The van der Waals surface area contributed by atoms with E-state index < -0.39 is 11.9 Å². The first-order valence-corrected chi connectivity index (χ1v) is 12.1. The van der Waals surface area contributed by atoms with Crippen molar-refractivity contribution in [2.45, 2.75) is 25.8 Å². The second-order valence-corrected chi connectivity index (χ2v) is 9.35. The van der Waals surface area contributed by atoms with Crippen LogP contribution in [0.5, 0.6) is 5.75 Å². The van der Waals surface area contributed by atoms with E-state index in [2.05, 4.69) is 27.8 Å². The summed E-state index contributed by atoms with van der Waals surface area (Å²) in [5.74, 6) is 0.691. The second-order valence-electron chi connectivity index (χ2n) is 8.00. The van der Waals surface area contributed by atoms with Crippen LogP contribution in [0.4, 0.5) is 5.82 Å². The molecule has 0 spiro atoms. The van der Waals surface area contributed by atoms with Crippen LogP contribution in [-0.4, -0.2) is 17.5 Å². The number of unbranched alkanes of at least 4 members (excludes halogenated alkanes) is 1. The van der Waals surface area contributed by atoms with Gasteiger partial charge in [-0.3, -0.25) is 14.5 Å². The largest absolute Gasteiger partial charge is 0.494 e. The smallest absolute Gasteiger partial charge is 0.296 e. The molecule has 172 valence electrons. The lowest BCUT2D eigenvalue weighted by molar-refractivity contribution is 0.0970. The van der Waals surface area contributed by atoms with Gasteiger partial charge in [0.2, 0.25) is 5.76 Å². The number of carbonyl (C=O) groups is 1. The summed E-state index contributed by atoms with van der Waals surface area (Å²) in [5, 5.41) is 0.846. The minimum atomic E-state index is -0.708. The van der Waals surface area contributed by atoms with Gasteiger partial charge in [-0.05, 0) is 54.4 Å². The van der Waals surface area contributed by atoms with E-state index in [-0.39, 0.29) is 16.8 Å². The van der Waals surface area contributed by atoms with Crippen LogP contribution in [0.3, 0.4) is 0 Å². The Morgan fingerprint density at radius 2 is 1.91 bits per heavy atom. The molecule has 1 aliphatic heterocycles. The van der Waals surface area contributed by atoms with Gasteiger partial charge in [-0.25, -0.2) is 4.98 Å². The summed E-state index contributed by atoms with van der Waals surface area (Å²) in [4.78, 5) is 33.0. The van der Waals surface area contributed by atoms with Crippen molar-refractivity contribution in [1.82, 2.24) is 4.98 Å². The summed E-state index contributed by atoms with van der Waals surface area (Å²) in [6, 6.07) is 15.2. The van der Waals surface area contributed by atoms with Gasteiger partial charge in [0, 0.05) is 10.7 Å². The number of anilines is 1. The van der Waals surface area contributed by atoms with Crippen LogP contribution < -0.4 is 15.1 Å². The molecular formula is C26H20BrClN2O4. The Kier molecular flexibility index (Phi) is 6.15. The first-order chi connectivity index (χ1) is 16.5. The van der Waals surface area contributed by atoms with Gasteiger partial charge >= 0.3 is 0 Å². The Bertz CT molecular complexity index is 1430. The third-order valence-corrected chi connectivity index (χ3v) is 6.47. The Balaban J connectivity index is 1.67. The van der Waals surface area contributed by atoms with Crippen molar-refractivity contribution in [2.75, 3.05) is 11.5 Å². The van der Waals surface area contributed by atoms with Crippen molar-refractivity contribution in [3.63, 3.8) is 0 Å². The number of nitrogens with zero attached hydrogens (tertiary/aromatic N) is 2. The van der Waals surface area contributed by atoms with Crippen molar-refractivity contribution in [3.05, 3.63) is 97.4 Å². The summed E-state index contributed by atoms with van der Waals surface area (Å²) in [6.45, 7) is 2.74. The molecule has 1 unspecified atom stereocenters. The number of ether oxygens (including phenoxy) is 1. The van der Waals surface area contributed by atoms with E-state index in [1.165, 1.54) is 11.1 Å².